The largest absolute Gasteiger partial charge is 0.493 e. The maximum atomic E-state index is 11.8. The summed E-state index contributed by atoms with van der Waals surface area (Å²) in [6.45, 7) is 0. The van der Waals surface area contributed by atoms with Gasteiger partial charge in [-0.1, -0.05) is 47.2 Å². The summed E-state index contributed by atoms with van der Waals surface area (Å²) in [4.78, 5) is 1.77. The van der Waals surface area contributed by atoms with Gasteiger partial charge in [0.2, 0.25) is 5.75 Å². The molecule has 2 unspecified atom stereocenters. The molecule has 1 aromatic heterocycles. The summed E-state index contributed by atoms with van der Waals surface area (Å²) in [5.74, 6) is 0.800. The van der Waals surface area contributed by atoms with Crippen LogP contribution in [-0.2, 0) is 5.54 Å². The predicted molar refractivity (Wildman–Crippen MR) is 158 cm³/mol. The second kappa shape index (κ2) is 11.1. The third kappa shape index (κ3) is 4.59. The van der Waals surface area contributed by atoms with Gasteiger partial charge in [-0.3, -0.25) is 5.21 Å². The van der Waals surface area contributed by atoms with Gasteiger partial charge in [0.05, 0.1) is 26.8 Å². The molecule has 0 fully saturated rings. The lowest BCUT2D eigenvalue weighted by molar-refractivity contribution is -0.725. The van der Waals surface area contributed by atoms with Crippen molar-refractivity contribution in [2.24, 2.45) is 5.92 Å². The third-order valence-corrected chi connectivity index (χ3v) is 7.65. The Morgan fingerprint density at radius 3 is 2.20 bits per heavy atom. The number of aromatic nitrogens is 3. The molecule has 212 valence electrons. The monoisotopic (exact) mass is 575 g/mol. The number of ether oxygens (including phenoxy) is 3. The van der Waals surface area contributed by atoms with Crippen molar-refractivity contribution in [3.05, 3.63) is 100 Å². The quantitative estimate of drug-likeness (QED) is 0.178. The normalized spacial score (nSPS) is 17.5. The van der Waals surface area contributed by atoms with Crippen LogP contribution in [0.2, 0.25) is 0 Å². The Morgan fingerprint density at radius 2 is 1.63 bits per heavy atom. The number of fused-ring (bicyclic) bond motifs is 1. The molecule has 1 aliphatic rings. The van der Waals surface area contributed by atoms with E-state index in [1.165, 1.54) is 6.08 Å². The van der Waals surface area contributed by atoms with Crippen molar-refractivity contribution in [2.45, 2.75) is 5.54 Å². The van der Waals surface area contributed by atoms with Crippen LogP contribution in [-0.4, -0.2) is 66.2 Å². The smallest absolute Gasteiger partial charge is 0.285 e. The topological polar surface area (TPSA) is 108 Å². The number of methoxy groups -OCH3 is 3. The van der Waals surface area contributed by atoms with Gasteiger partial charge in [0.25, 0.3) is 5.71 Å². The summed E-state index contributed by atoms with van der Waals surface area (Å²) in [6, 6.07) is 19.5. The van der Waals surface area contributed by atoms with Gasteiger partial charge in [-0.2, -0.15) is 0 Å². The molecule has 5 rings (SSSR count). The van der Waals surface area contributed by atoms with Crippen LogP contribution in [0.5, 0.6) is 17.2 Å². The molecule has 0 saturated carbocycles. The Hall–Kier alpha value is -4.70. The molecule has 4 aromatic rings. The van der Waals surface area contributed by atoms with E-state index in [-0.39, 0.29) is 15.6 Å². The molecule has 0 amide bonds. The van der Waals surface area contributed by atoms with E-state index in [2.05, 4.69) is 5.10 Å². The van der Waals surface area contributed by atoms with Crippen molar-refractivity contribution >= 4 is 34.0 Å². The third-order valence-electron chi connectivity index (χ3n) is 7.34. The molecule has 1 aliphatic carbocycles. The summed E-state index contributed by atoms with van der Waals surface area (Å²) >= 11 is 6.61. The van der Waals surface area contributed by atoms with E-state index in [1.54, 1.807) is 27.4 Å². The number of benzene rings is 3. The molecule has 0 aliphatic heterocycles. The van der Waals surface area contributed by atoms with Crippen molar-refractivity contribution < 1.29 is 24.3 Å². The Bertz CT molecular complexity index is 1650. The number of allylic oxidation sites excluding steroid dienone is 4. The molecular formula is C30H30ClN5O5. The first-order chi connectivity index (χ1) is 19.8. The summed E-state index contributed by atoms with van der Waals surface area (Å²) in [5.41, 5.74) is 2.81. The maximum Gasteiger partial charge on any atom is 0.285 e. The minimum Gasteiger partial charge on any atom is -0.493 e. The highest BCUT2D eigenvalue weighted by Gasteiger charge is 2.47. The second-order valence-corrected chi connectivity index (χ2v) is 10.1. The summed E-state index contributed by atoms with van der Waals surface area (Å²) in [7, 11) is 8.61. The number of para-hydroxylation sites is 1. The van der Waals surface area contributed by atoms with Gasteiger partial charge in [0, 0.05) is 36.7 Å². The van der Waals surface area contributed by atoms with Gasteiger partial charge < -0.3 is 24.3 Å². The molecule has 11 heteroatoms. The number of hydrogen-bond donors (Lipinski definition) is 1. The fourth-order valence-corrected chi connectivity index (χ4v) is 5.64. The number of hydrogen-bond acceptors (Lipinski definition) is 8. The van der Waals surface area contributed by atoms with E-state index >= 15 is 0 Å². The van der Waals surface area contributed by atoms with Crippen LogP contribution in [0.4, 0.5) is 5.69 Å². The Morgan fingerprint density at radius 1 is 0.976 bits per heavy atom. The van der Waals surface area contributed by atoms with Gasteiger partial charge >= 0.3 is 0 Å². The van der Waals surface area contributed by atoms with Crippen molar-refractivity contribution in [2.75, 3.05) is 40.3 Å². The van der Waals surface area contributed by atoms with E-state index < -0.39 is 11.5 Å². The van der Waals surface area contributed by atoms with E-state index in [1.807, 2.05) is 90.4 Å². The number of nitrogens with zero attached hydrogens (tertiary/aromatic N) is 5. The minimum atomic E-state index is -1.14. The molecule has 1 N–H and O–H groups in total. The van der Waals surface area contributed by atoms with Crippen LogP contribution in [0.3, 0.4) is 0 Å². The Kier molecular flexibility index (Phi) is 7.51. The van der Waals surface area contributed by atoms with Crippen LogP contribution < -0.4 is 19.1 Å². The maximum absolute atomic E-state index is 11.8. The predicted octanol–water partition coefficient (Wildman–Crippen LogP) is 4.96. The Labute approximate surface area is 242 Å². The Balaban J connectivity index is 1.95. The second-order valence-electron chi connectivity index (χ2n) is 9.67. The van der Waals surface area contributed by atoms with Crippen LogP contribution in [0.15, 0.2) is 83.9 Å². The highest BCUT2D eigenvalue weighted by molar-refractivity contribution is 6.44. The first-order valence-electron chi connectivity index (χ1n) is 12.7. The van der Waals surface area contributed by atoms with Crippen LogP contribution in [0.1, 0.15) is 11.1 Å². The molecule has 41 heavy (non-hydrogen) atoms. The molecule has 0 spiro atoms. The van der Waals surface area contributed by atoms with Gasteiger partial charge in [-0.15, -0.1) is 5.10 Å². The molecule has 2 atom stereocenters. The van der Waals surface area contributed by atoms with Crippen LogP contribution >= 0.6 is 11.6 Å². The van der Waals surface area contributed by atoms with E-state index in [0.29, 0.717) is 22.8 Å². The van der Waals surface area contributed by atoms with Crippen molar-refractivity contribution in [3.8, 4) is 17.2 Å². The lowest BCUT2D eigenvalue weighted by Gasteiger charge is -2.41. The molecule has 0 saturated heterocycles. The van der Waals surface area contributed by atoms with Gasteiger partial charge in [0.15, 0.2) is 11.5 Å². The summed E-state index contributed by atoms with van der Waals surface area (Å²) < 4.78 is 19.0. The average Bonchev–Trinajstić information content (AvgIpc) is 3.41. The molecular weight excluding hydrogens is 546 g/mol. The lowest BCUT2D eigenvalue weighted by atomic mass is 9.71. The zero-order chi connectivity index (χ0) is 29.3. The van der Waals surface area contributed by atoms with E-state index in [0.717, 1.165) is 22.3 Å². The highest BCUT2D eigenvalue weighted by atomic mass is 35.5. The highest BCUT2D eigenvalue weighted by Crippen LogP contribution is 2.50. The van der Waals surface area contributed by atoms with Gasteiger partial charge in [-0.25, -0.2) is 4.68 Å². The first kappa shape index (κ1) is 27.9. The first-order valence-corrected chi connectivity index (χ1v) is 13.1. The van der Waals surface area contributed by atoms with Gasteiger partial charge in [0.1, 0.15) is 16.1 Å². The van der Waals surface area contributed by atoms with Gasteiger partial charge in [-0.05, 0) is 53.6 Å². The van der Waals surface area contributed by atoms with Crippen molar-refractivity contribution in [1.29, 1.82) is 0 Å². The minimum absolute atomic E-state index is 0.0758. The molecule has 10 nitrogen and oxygen atoms in total. The van der Waals surface area contributed by atoms with Crippen molar-refractivity contribution in [1.82, 2.24) is 15.0 Å². The molecule has 0 bridgehead atoms. The fraction of sp³-hybridized carbons (Fsp3) is 0.233. The van der Waals surface area contributed by atoms with Crippen molar-refractivity contribution in [3.63, 3.8) is 0 Å². The van der Waals surface area contributed by atoms with Crippen LogP contribution in [0, 0.1) is 11.1 Å². The number of rotatable bonds is 8. The standard InChI is InChI=1S/C30H30ClN5O5/c1-34(2)22-13-10-19(11-14-22)30(20-12-15-25(36(37)38)23(31)16-20,35-26-9-7-6-8-24(26)32-33-35)21-17-27(39-3)29(41-5)28(18-21)40-4/h6-18,20H,1-5H3,(H,37,38). The van der Waals surface area contributed by atoms with Crippen LogP contribution in [0.25, 0.3) is 11.0 Å². The molecule has 1 heterocycles. The average molecular weight is 576 g/mol. The zero-order valence-corrected chi connectivity index (χ0v) is 24.0. The van der Waals surface area contributed by atoms with E-state index in [9.17, 15) is 10.4 Å². The lowest BCUT2D eigenvalue weighted by Crippen LogP contribution is -2.44. The molecule has 3 aromatic carbocycles. The molecule has 0 radical (unpaired) electrons. The van der Waals surface area contributed by atoms with E-state index in [4.69, 9.17) is 31.0 Å². The number of anilines is 1. The fourth-order valence-electron chi connectivity index (χ4n) is 5.37. The SMILES string of the molecule is COc1cc(C(c2ccc(N(C)C)cc2)(C2C=C/C(=[N+](/[O-])O)C(Cl)=C2)n2nnc3ccccc32)cc(OC)c1OC. The number of halogens is 1. The summed E-state index contributed by atoms with van der Waals surface area (Å²) in [6.07, 6.45) is 5.03. The zero-order valence-electron chi connectivity index (χ0n) is 23.3. The summed E-state index contributed by atoms with van der Waals surface area (Å²) in [5, 5.41) is 30.8.